The zero-order valence-electron chi connectivity index (χ0n) is 16.8. The highest BCUT2D eigenvalue weighted by Crippen LogP contribution is 2.41. The minimum Gasteiger partial charge on any atom is -0.447 e. The Kier molecular flexibility index (Phi) is 8.00. The average Bonchev–Trinajstić information content (AvgIpc) is 2.93. The molecule has 0 aliphatic carbocycles. The Morgan fingerprint density at radius 2 is 2.13 bits per heavy atom. The Balaban J connectivity index is 1.90. The molecule has 12 nitrogen and oxygen atoms in total. The number of nitrogens with two attached hydrogens (primary N) is 1. The summed E-state index contributed by atoms with van der Waals surface area (Å²) >= 11 is 0. The van der Waals surface area contributed by atoms with Gasteiger partial charge in [0.15, 0.2) is 6.10 Å². The lowest BCUT2D eigenvalue weighted by molar-refractivity contribution is -0.140. The highest BCUT2D eigenvalue weighted by molar-refractivity contribution is 5.83. The molecule has 1 saturated heterocycles. The zero-order chi connectivity index (χ0) is 23.3. The average molecular weight is 449 g/mol. The molecule has 0 aromatic carbocycles. The van der Waals surface area contributed by atoms with Gasteiger partial charge in [-0.05, 0) is 12.0 Å². The SMILES string of the molecule is CC(C)[C@H](N)C(=O)NCCOC(=O)Nc1ccn([C@@H]2O[C@H](CO)[C@@H](O)C2(F)F)c(=O)n1. The smallest absolute Gasteiger partial charge is 0.412 e. The number of amides is 2. The van der Waals surface area contributed by atoms with Gasteiger partial charge in [-0.3, -0.25) is 14.7 Å². The van der Waals surface area contributed by atoms with Crippen LogP contribution in [0, 0.1) is 5.92 Å². The molecule has 1 aromatic rings. The van der Waals surface area contributed by atoms with Crippen molar-refractivity contribution in [2.24, 2.45) is 11.7 Å². The van der Waals surface area contributed by atoms with Crippen molar-refractivity contribution < 1.29 is 38.1 Å². The van der Waals surface area contributed by atoms with Gasteiger partial charge in [0.1, 0.15) is 18.5 Å². The van der Waals surface area contributed by atoms with E-state index in [1.165, 1.54) is 0 Å². The fourth-order valence-corrected chi connectivity index (χ4v) is 2.66. The summed E-state index contributed by atoms with van der Waals surface area (Å²) in [5, 5.41) is 23.2. The third-order valence-electron chi connectivity index (χ3n) is 4.53. The van der Waals surface area contributed by atoms with Crippen LogP contribution in [0.5, 0.6) is 0 Å². The first-order valence-electron chi connectivity index (χ1n) is 9.37. The van der Waals surface area contributed by atoms with E-state index in [2.05, 4.69) is 15.6 Å². The second kappa shape index (κ2) is 10.1. The monoisotopic (exact) mass is 449 g/mol. The van der Waals surface area contributed by atoms with Gasteiger partial charge >= 0.3 is 17.7 Å². The zero-order valence-corrected chi connectivity index (χ0v) is 16.8. The molecule has 14 heteroatoms. The molecule has 1 aliphatic heterocycles. The van der Waals surface area contributed by atoms with Crippen LogP contribution < -0.4 is 22.1 Å². The summed E-state index contributed by atoms with van der Waals surface area (Å²) < 4.78 is 38.4. The van der Waals surface area contributed by atoms with Gasteiger partial charge in [-0.25, -0.2) is 9.59 Å². The highest BCUT2D eigenvalue weighted by atomic mass is 19.3. The number of carbonyl (C=O) groups is 2. The van der Waals surface area contributed by atoms with Crippen LogP contribution in [0.25, 0.3) is 0 Å². The number of halogens is 2. The van der Waals surface area contributed by atoms with Gasteiger partial charge < -0.3 is 30.7 Å². The third kappa shape index (κ3) is 5.72. The lowest BCUT2D eigenvalue weighted by atomic mass is 10.1. The maximum absolute atomic E-state index is 14.1. The molecule has 1 aromatic heterocycles. The maximum Gasteiger partial charge on any atom is 0.412 e. The molecule has 0 radical (unpaired) electrons. The lowest BCUT2D eigenvalue weighted by Crippen LogP contribution is -2.45. The third-order valence-corrected chi connectivity index (χ3v) is 4.53. The number of aliphatic hydroxyl groups is 2. The van der Waals surface area contributed by atoms with Crippen LogP contribution >= 0.6 is 0 Å². The molecule has 2 heterocycles. The van der Waals surface area contributed by atoms with Crippen LogP contribution in [0.2, 0.25) is 0 Å². The van der Waals surface area contributed by atoms with E-state index >= 15 is 0 Å². The molecule has 0 bridgehead atoms. The minimum absolute atomic E-state index is 0.00412. The van der Waals surface area contributed by atoms with Crippen molar-refractivity contribution in [1.29, 1.82) is 0 Å². The number of alkyl halides is 2. The van der Waals surface area contributed by atoms with Gasteiger partial charge in [0, 0.05) is 6.20 Å². The summed E-state index contributed by atoms with van der Waals surface area (Å²) in [5.41, 5.74) is 4.47. The predicted octanol–water partition coefficient (Wildman–Crippen LogP) is -1.22. The number of aliphatic hydroxyl groups excluding tert-OH is 2. The molecular formula is C17H25F2N5O7. The molecule has 1 aliphatic rings. The number of rotatable bonds is 8. The van der Waals surface area contributed by atoms with Crippen molar-refractivity contribution in [3.05, 3.63) is 22.7 Å². The first-order chi connectivity index (χ1) is 14.5. The Morgan fingerprint density at radius 3 is 2.68 bits per heavy atom. The topological polar surface area (TPSA) is 178 Å². The standard InChI is InChI=1S/C17H25F2N5O7/c1-8(2)11(20)13(27)21-4-6-30-16(29)23-10-3-5-24(15(28)22-10)14-17(18,19)12(26)9(7-25)31-14/h3,5,8-9,11-12,14,25-26H,4,6-7,20H2,1-2H3,(H,21,27)(H,22,23,28,29)/t9-,11+,12-,14-/m1/s1. The number of aromatic nitrogens is 2. The van der Waals surface area contributed by atoms with Crippen LogP contribution in [0.3, 0.4) is 0 Å². The number of nitrogens with zero attached hydrogens (tertiary/aromatic N) is 2. The minimum atomic E-state index is -3.85. The Morgan fingerprint density at radius 1 is 1.45 bits per heavy atom. The van der Waals surface area contributed by atoms with Gasteiger partial charge in [-0.1, -0.05) is 13.8 Å². The van der Waals surface area contributed by atoms with Crippen molar-refractivity contribution in [2.75, 3.05) is 25.1 Å². The number of nitrogens with one attached hydrogen (secondary N) is 2. The molecule has 6 N–H and O–H groups in total. The van der Waals surface area contributed by atoms with Crippen molar-refractivity contribution in [2.45, 2.75) is 44.2 Å². The van der Waals surface area contributed by atoms with E-state index in [4.69, 9.17) is 20.3 Å². The van der Waals surface area contributed by atoms with Gasteiger partial charge in [0.05, 0.1) is 19.2 Å². The Labute approximate surface area is 175 Å². The molecule has 0 saturated carbocycles. The van der Waals surface area contributed by atoms with E-state index < -0.39 is 54.7 Å². The van der Waals surface area contributed by atoms with Crippen LogP contribution in [0.4, 0.5) is 19.4 Å². The second-order valence-electron chi connectivity index (χ2n) is 7.15. The maximum atomic E-state index is 14.1. The van der Waals surface area contributed by atoms with E-state index in [0.717, 1.165) is 12.3 Å². The van der Waals surface area contributed by atoms with Crippen LogP contribution in [0.15, 0.2) is 17.1 Å². The van der Waals surface area contributed by atoms with E-state index in [1.54, 1.807) is 13.8 Å². The second-order valence-corrected chi connectivity index (χ2v) is 7.15. The van der Waals surface area contributed by atoms with E-state index in [9.17, 15) is 28.3 Å². The Bertz CT molecular complexity index is 850. The van der Waals surface area contributed by atoms with Gasteiger partial charge in [0.25, 0.3) is 0 Å². The number of ether oxygens (including phenoxy) is 2. The normalized spacial score (nSPS) is 23.4. The fraction of sp³-hybridized carbons (Fsp3) is 0.647. The van der Waals surface area contributed by atoms with Crippen LogP contribution in [-0.2, 0) is 14.3 Å². The summed E-state index contributed by atoms with van der Waals surface area (Å²) in [6, 6.07) is 0.346. The summed E-state index contributed by atoms with van der Waals surface area (Å²) in [5.74, 6) is -4.60. The molecule has 174 valence electrons. The van der Waals surface area contributed by atoms with Crippen molar-refractivity contribution >= 4 is 17.8 Å². The van der Waals surface area contributed by atoms with Gasteiger partial charge in [-0.2, -0.15) is 13.8 Å². The molecule has 2 amide bonds. The van der Waals surface area contributed by atoms with E-state index in [0.29, 0.717) is 4.57 Å². The Hall–Kier alpha value is -2.68. The number of hydrogen-bond donors (Lipinski definition) is 5. The summed E-state index contributed by atoms with van der Waals surface area (Å²) in [6.07, 6.45) is -6.16. The number of hydrogen-bond acceptors (Lipinski definition) is 9. The van der Waals surface area contributed by atoms with Crippen LogP contribution in [0.1, 0.15) is 20.1 Å². The van der Waals surface area contributed by atoms with E-state index in [-0.39, 0.29) is 24.9 Å². The molecule has 1 fully saturated rings. The molecule has 4 atom stereocenters. The quantitative estimate of drug-likeness (QED) is 0.304. The summed E-state index contributed by atoms with van der Waals surface area (Å²) in [6.45, 7) is 2.50. The first-order valence-corrected chi connectivity index (χ1v) is 9.37. The largest absolute Gasteiger partial charge is 0.447 e. The molecule has 0 spiro atoms. The van der Waals surface area contributed by atoms with Crippen molar-refractivity contribution in [3.63, 3.8) is 0 Å². The molecule has 31 heavy (non-hydrogen) atoms. The summed E-state index contributed by atoms with van der Waals surface area (Å²) in [4.78, 5) is 39.0. The molecule has 2 rings (SSSR count). The van der Waals surface area contributed by atoms with Crippen molar-refractivity contribution in [3.8, 4) is 0 Å². The van der Waals surface area contributed by atoms with Gasteiger partial charge in [0.2, 0.25) is 12.1 Å². The van der Waals surface area contributed by atoms with Crippen molar-refractivity contribution in [1.82, 2.24) is 14.9 Å². The number of carbonyl (C=O) groups excluding carboxylic acids is 2. The lowest BCUT2D eigenvalue weighted by Gasteiger charge is -2.21. The molecule has 0 unspecified atom stereocenters. The predicted molar refractivity (Wildman–Crippen MR) is 101 cm³/mol. The van der Waals surface area contributed by atoms with E-state index in [1.807, 2.05) is 0 Å². The number of anilines is 1. The van der Waals surface area contributed by atoms with Crippen LogP contribution in [-0.4, -0.2) is 75.7 Å². The van der Waals surface area contributed by atoms with Gasteiger partial charge in [-0.15, -0.1) is 0 Å². The first kappa shape index (κ1) is 24.6. The summed E-state index contributed by atoms with van der Waals surface area (Å²) in [7, 11) is 0. The fourth-order valence-electron chi connectivity index (χ4n) is 2.66. The highest BCUT2D eigenvalue weighted by Gasteiger charge is 2.59. The molecular weight excluding hydrogens is 424 g/mol.